The first-order chi connectivity index (χ1) is 12.8. The number of aromatic amines is 1. The Kier molecular flexibility index (Phi) is 5.23. The fraction of sp³-hybridized carbons (Fsp3) is 0.524. The Morgan fingerprint density at radius 2 is 1.92 bits per heavy atom. The molecule has 1 amide bonds. The van der Waals surface area contributed by atoms with Gasteiger partial charge in [-0.2, -0.15) is 5.10 Å². The van der Waals surface area contributed by atoms with Crippen LogP contribution in [0.2, 0.25) is 0 Å². The zero-order valence-electron chi connectivity index (χ0n) is 15.3. The lowest BCUT2D eigenvalue weighted by atomic mass is 9.94. The Bertz CT molecular complexity index is 732. The third-order valence-corrected chi connectivity index (χ3v) is 5.71. The van der Waals surface area contributed by atoms with E-state index in [-0.39, 0.29) is 5.91 Å². The summed E-state index contributed by atoms with van der Waals surface area (Å²) in [5.74, 6) is 0.163. The minimum Gasteiger partial charge on any atom is -0.371 e. The van der Waals surface area contributed by atoms with Gasteiger partial charge in [0.25, 0.3) is 0 Å². The quantitative estimate of drug-likeness (QED) is 0.870. The molecule has 0 bridgehead atoms. The van der Waals surface area contributed by atoms with Crippen molar-refractivity contribution in [2.75, 3.05) is 18.0 Å². The van der Waals surface area contributed by atoms with Gasteiger partial charge in [-0.05, 0) is 56.2 Å². The summed E-state index contributed by atoms with van der Waals surface area (Å²) in [7, 11) is 0. The Morgan fingerprint density at radius 3 is 2.73 bits per heavy atom. The van der Waals surface area contributed by atoms with Crippen molar-refractivity contribution >= 4 is 11.6 Å². The van der Waals surface area contributed by atoms with Crippen molar-refractivity contribution in [3.05, 3.63) is 47.3 Å². The van der Waals surface area contributed by atoms with E-state index in [1.54, 1.807) is 0 Å². The number of fused-ring (bicyclic) bond motifs is 1. The molecule has 138 valence electrons. The van der Waals surface area contributed by atoms with Crippen LogP contribution in [0.3, 0.4) is 0 Å². The predicted octanol–water partition coefficient (Wildman–Crippen LogP) is 3.01. The molecule has 0 saturated carbocycles. The largest absolute Gasteiger partial charge is 0.371 e. The van der Waals surface area contributed by atoms with Crippen molar-refractivity contribution in [1.82, 2.24) is 15.5 Å². The molecular weight excluding hydrogens is 324 g/mol. The Balaban J connectivity index is 1.23. The number of para-hydroxylation sites is 1. The van der Waals surface area contributed by atoms with Crippen molar-refractivity contribution < 1.29 is 4.79 Å². The van der Waals surface area contributed by atoms with Gasteiger partial charge >= 0.3 is 0 Å². The summed E-state index contributed by atoms with van der Waals surface area (Å²) in [4.78, 5) is 14.8. The second-order valence-electron chi connectivity index (χ2n) is 7.50. The van der Waals surface area contributed by atoms with E-state index < -0.39 is 0 Å². The molecule has 1 aromatic carbocycles. The van der Waals surface area contributed by atoms with Crippen LogP contribution in [0, 0.1) is 0 Å². The molecule has 26 heavy (non-hydrogen) atoms. The number of carbonyl (C=O) groups excluding carboxylic acids is 1. The molecule has 2 aliphatic rings. The Labute approximate surface area is 155 Å². The highest BCUT2D eigenvalue weighted by Crippen LogP contribution is 2.23. The molecule has 2 heterocycles. The van der Waals surface area contributed by atoms with E-state index in [4.69, 9.17) is 0 Å². The van der Waals surface area contributed by atoms with Crippen LogP contribution in [0.4, 0.5) is 5.69 Å². The maximum atomic E-state index is 12.4. The fourth-order valence-corrected chi connectivity index (χ4v) is 4.21. The lowest BCUT2D eigenvalue weighted by Crippen LogP contribution is -2.44. The van der Waals surface area contributed by atoms with Crippen molar-refractivity contribution in [3.8, 4) is 0 Å². The minimum atomic E-state index is 0.163. The van der Waals surface area contributed by atoms with E-state index in [9.17, 15) is 4.79 Å². The average molecular weight is 352 g/mol. The van der Waals surface area contributed by atoms with Gasteiger partial charge in [0.2, 0.25) is 5.91 Å². The molecule has 1 fully saturated rings. The number of nitrogens with one attached hydrogen (secondary N) is 2. The van der Waals surface area contributed by atoms with Gasteiger partial charge in [0.1, 0.15) is 0 Å². The second kappa shape index (κ2) is 7.94. The maximum absolute atomic E-state index is 12.4. The van der Waals surface area contributed by atoms with E-state index >= 15 is 0 Å². The molecule has 0 atom stereocenters. The second-order valence-corrected chi connectivity index (χ2v) is 7.50. The molecule has 1 saturated heterocycles. The standard InChI is InChI=1S/C21H28N4O/c26-21(11-10-20-18-8-4-5-9-19(18)23-24-20)22-16-12-14-25(15-13-16)17-6-2-1-3-7-17/h1-3,6-7,16H,4-5,8-15H2,(H,22,26)(H,23,24). The summed E-state index contributed by atoms with van der Waals surface area (Å²) in [6, 6.07) is 10.8. The number of carbonyl (C=O) groups is 1. The van der Waals surface area contributed by atoms with Gasteiger partial charge in [-0.15, -0.1) is 0 Å². The molecule has 0 radical (unpaired) electrons. The van der Waals surface area contributed by atoms with Gasteiger partial charge in [-0.25, -0.2) is 0 Å². The zero-order chi connectivity index (χ0) is 17.8. The smallest absolute Gasteiger partial charge is 0.220 e. The maximum Gasteiger partial charge on any atom is 0.220 e. The summed E-state index contributed by atoms with van der Waals surface area (Å²) in [5, 5.41) is 10.8. The number of amides is 1. The molecule has 4 rings (SSSR count). The third-order valence-electron chi connectivity index (χ3n) is 5.71. The average Bonchev–Trinajstić information content (AvgIpc) is 3.11. The number of anilines is 1. The highest BCUT2D eigenvalue weighted by Gasteiger charge is 2.22. The van der Waals surface area contributed by atoms with Crippen molar-refractivity contribution in [2.45, 2.75) is 57.4 Å². The summed E-state index contributed by atoms with van der Waals surface area (Å²) < 4.78 is 0. The Morgan fingerprint density at radius 1 is 1.15 bits per heavy atom. The number of hydrogen-bond donors (Lipinski definition) is 2. The molecule has 1 aromatic heterocycles. The molecule has 5 heteroatoms. The van der Waals surface area contributed by atoms with E-state index in [1.807, 2.05) is 6.07 Å². The highest BCUT2D eigenvalue weighted by molar-refractivity contribution is 5.76. The van der Waals surface area contributed by atoms with Gasteiger partial charge in [-0.1, -0.05) is 18.2 Å². The first-order valence-corrected chi connectivity index (χ1v) is 9.94. The number of benzene rings is 1. The number of nitrogens with zero attached hydrogens (tertiary/aromatic N) is 2. The van der Waals surface area contributed by atoms with Gasteiger partial charge in [0.05, 0.1) is 5.69 Å². The van der Waals surface area contributed by atoms with E-state index in [0.29, 0.717) is 12.5 Å². The van der Waals surface area contributed by atoms with E-state index in [2.05, 4.69) is 44.7 Å². The molecule has 1 aliphatic carbocycles. The molecule has 1 aliphatic heterocycles. The van der Waals surface area contributed by atoms with Crippen LogP contribution in [0.15, 0.2) is 30.3 Å². The lowest BCUT2D eigenvalue weighted by Gasteiger charge is -2.34. The Hall–Kier alpha value is -2.30. The van der Waals surface area contributed by atoms with Crippen molar-refractivity contribution in [1.29, 1.82) is 0 Å². The van der Waals surface area contributed by atoms with Crippen LogP contribution < -0.4 is 10.2 Å². The van der Waals surface area contributed by atoms with Gasteiger partial charge < -0.3 is 10.2 Å². The fourth-order valence-electron chi connectivity index (χ4n) is 4.21. The highest BCUT2D eigenvalue weighted by atomic mass is 16.1. The van der Waals surface area contributed by atoms with Gasteiger partial charge in [-0.3, -0.25) is 9.89 Å². The normalized spacial score (nSPS) is 17.8. The number of piperidine rings is 1. The van der Waals surface area contributed by atoms with Crippen LogP contribution in [0.1, 0.15) is 49.1 Å². The van der Waals surface area contributed by atoms with Crippen LogP contribution in [-0.2, 0) is 24.1 Å². The predicted molar refractivity (Wildman–Crippen MR) is 103 cm³/mol. The molecule has 0 spiro atoms. The molecule has 0 unspecified atom stereocenters. The van der Waals surface area contributed by atoms with Gasteiger partial charge in [0.15, 0.2) is 0 Å². The van der Waals surface area contributed by atoms with E-state index in [1.165, 1.54) is 29.8 Å². The third kappa shape index (κ3) is 3.92. The minimum absolute atomic E-state index is 0.163. The number of H-pyrrole nitrogens is 1. The SMILES string of the molecule is O=C(CCc1n[nH]c2c1CCCC2)NC1CCN(c2ccccc2)CC1. The number of rotatable bonds is 5. The van der Waals surface area contributed by atoms with Crippen molar-refractivity contribution in [2.24, 2.45) is 0 Å². The summed E-state index contributed by atoms with van der Waals surface area (Å²) in [5.41, 5.74) is 5.05. The van der Waals surface area contributed by atoms with Crippen LogP contribution >= 0.6 is 0 Å². The number of aromatic nitrogens is 2. The summed E-state index contributed by atoms with van der Waals surface area (Å²) in [6.45, 7) is 2.00. The van der Waals surface area contributed by atoms with Crippen molar-refractivity contribution in [3.63, 3.8) is 0 Å². The molecule has 2 N–H and O–H groups in total. The van der Waals surface area contributed by atoms with Crippen LogP contribution in [0.5, 0.6) is 0 Å². The summed E-state index contributed by atoms with van der Waals surface area (Å²) >= 11 is 0. The van der Waals surface area contributed by atoms with Crippen LogP contribution in [0.25, 0.3) is 0 Å². The topological polar surface area (TPSA) is 61.0 Å². The summed E-state index contributed by atoms with van der Waals surface area (Å²) in [6.07, 6.45) is 8.02. The van der Waals surface area contributed by atoms with Crippen LogP contribution in [-0.4, -0.2) is 35.2 Å². The first kappa shape index (κ1) is 17.1. The molecule has 5 nitrogen and oxygen atoms in total. The first-order valence-electron chi connectivity index (χ1n) is 9.94. The monoisotopic (exact) mass is 352 g/mol. The molecule has 2 aromatic rings. The lowest BCUT2D eigenvalue weighted by molar-refractivity contribution is -0.121. The number of aryl methyl sites for hydroxylation is 2. The molecular formula is C21H28N4O. The van der Waals surface area contributed by atoms with Gasteiger partial charge in [0, 0.05) is 43.4 Å². The van der Waals surface area contributed by atoms with E-state index in [0.717, 1.165) is 50.9 Å². The zero-order valence-corrected chi connectivity index (χ0v) is 15.3. The number of hydrogen-bond acceptors (Lipinski definition) is 3.